The standard InChI is InChI=1S/C21H35N3/c1-3-11-22-14-16-23(17-15-22)18-20-5-7-21(8-6-20)24-12-9-19(4-2)10-13-24/h5-8,19H,3-4,9-18H2,1-2H3. The molecule has 1 aromatic rings. The molecule has 2 aliphatic heterocycles. The Balaban J connectivity index is 1.47. The first-order valence-electron chi connectivity index (χ1n) is 10.1. The van der Waals surface area contributed by atoms with Crippen molar-refractivity contribution in [2.24, 2.45) is 5.92 Å². The van der Waals surface area contributed by atoms with Crippen LogP contribution in [0.3, 0.4) is 0 Å². The lowest BCUT2D eigenvalue weighted by atomic mass is 9.94. The second kappa shape index (κ2) is 8.87. The molecule has 0 unspecified atom stereocenters. The van der Waals surface area contributed by atoms with Gasteiger partial charge in [0.1, 0.15) is 0 Å². The molecule has 2 fully saturated rings. The van der Waals surface area contributed by atoms with E-state index in [9.17, 15) is 0 Å². The summed E-state index contributed by atoms with van der Waals surface area (Å²) in [5, 5.41) is 0. The highest BCUT2D eigenvalue weighted by Gasteiger charge is 2.19. The third-order valence-electron chi connectivity index (χ3n) is 5.90. The molecule has 2 aliphatic rings. The van der Waals surface area contributed by atoms with Gasteiger partial charge < -0.3 is 9.80 Å². The fourth-order valence-electron chi connectivity index (χ4n) is 4.16. The van der Waals surface area contributed by atoms with E-state index in [4.69, 9.17) is 0 Å². The second-order valence-electron chi connectivity index (χ2n) is 7.62. The van der Waals surface area contributed by atoms with Gasteiger partial charge in [-0.1, -0.05) is 32.4 Å². The Morgan fingerprint density at radius 1 is 0.833 bits per heavy atom. The molecule has 3 heteroatoms. The summed E-state index contributed by atoms with van der Waals surface area (Å²) in [4.78, 5) is 7.77. The lowest BCUT2D eigenvalue weighted by molar-refractivity contribution is 0.127. The highest BCUT2D eigenvalue weighted by molar-refractivity contribution is 5.48. The first kappa shape index (κ1) is 17.8. The molecule has 0 atom stereocenters. The fraction of sp³-hybridized carbons (Fsp3) is 0.714. The van der Waals surface area contributed by atoms with E-state index in [0.29, 0.717) is 0 Å². The zero-order chi connectivity index (χ0) is 16.8. The molecule has 0 amide bonds. The monoisotopic (exact) mass is 329 g/mol. The largest absolute Gasteiger partial charge is 0.372 e. The van der Waals surface area contributed by atoms with E-state index in [1.54, 1.807) is 0 Å². The van der Waals surface area contributed by atoms with Crippen LogP contribution in [0.5, 0.6) is 0 Å². The van der Waals surface area contributed by atoms with Gasteiger partial charge in [-0.25, -0.2) is 0 Å². The number of anilines is 1. The number of nitrogens with zero attached hydrogens (tertiary/aromatic N) is 3. The Labute approximate surface area is 148 Å². The van der Waals surface area contributed by atoms with Crippen LogP contribution in [-0.4, -0.2) is 55.6 Å². The lowest BCUT2D eigenvalue weighted by Gasteiger charge is -2.35. The van der Waals surface area contributed by atoms with Gasteiger partial charge in [-0.15, -0.1) is 0 Å². The van der Waals surface area contributed by atoms with Crippen LogP contribution in [0.15, 0.2) is 24.3 Å². The van der Waals surface area contributed by atoms with E-state index in [1.807, 2.05) is 0 Å². The Kier molecular flexibility index (Phi) is 6.56. The topological polar surface area (TPSA) is 9.72 Å². The molecule has 1 aromatic carbocycles. The van der Waals surface area contributed by atoms with Crippen molar-refractivity contribution in [3.8, 4) is 0 Å². The van der Waals surface area contributed by atoms with Crippen molar-refractivity contribution in [2.45, 2.75) is 46.1 Å². The van der Waals surface area contributed by atoms with E-state index < -0.39 is 0 Å². The highest BCUT2D eigenvalue weighted by atomic mass is 15.3. The molecule has 2 heterocycles. The summed E-state index contributed by atoms with van der Waals surface area (Å²) in [5.74, 6) is 0.951. The van der Waals surface area contributed by atoms with Crippen LogP contribution in [0.1, 0.15) is 45.1 Å². The number of hydrogen-bond acceptors (Lipinski definition) is 3. The summed E-state index contributed by atoms with van der Waals surface area (Å²) < 4.78 is 0. The Bertz CT molecular complexity index is 468. The SMILES string of the molecule is CCCN1CCN(Cc2ccc(N3CCC(CC)CC3)cc2)CC1. The molecular formula is C21H35N3. The highest BCUT2D eigenvalue weighted by Crippen LogP contribution is 2.25. The van der Waals surface area contributed by atoms with Gasteiger partial charge in [0.05, 0.1) is 0 Å². The van der Waals surface area contributed by atoms with Gasteiger partial charge in [0.2, 0.25) is 0 Å². The molecule has 3 nitrogen and oxygen atoms in total. The van der Waals surface area contributed by atoms with Crippen molar-refractivity contribution in [1.29, 1.82) is 0 Å². The van der Waals surface area contributed by atoms with Crippen LogP contribution >= 0.6 is 0 Å². The molecule has 3 rings (SSSR count). The maximum Gasteiger partial charge on any atom is 0.0366 e. The van der Waals surface area contributed by atoms with Gasteiger partial charge in [0.25, 0.3) is 0 Å². The van der Waals surface area contributed by atoms with Crippen molar-refractivity contribution < 1.29 is 0 Å². The molecule has 0 saturated carbocycles. The maximum atomic E-state index is 2.61. The summed E-state index contributed by atoms with van der Waals surface area (Å²) in [6, 6.07) is 9.38. The predicted octanol–water partition coefficient (Wildman–Crippen LogP) is 3.84. The minimum absolute atomic E-state index is 0.951. The second-order valence-corrected chi connectivity index (χ2v) is 7.62. The molecule has 0 aromatic heterocycles. The summed E-state index contributed by atoms with van der Waals surface area (Å²) in [6.07, 6.45) is 5.34. The lowest BCUT2D eigenvalue weighted by Crippen LogP contribution is -2.45. The minimum Gasteiger partial charge on any atom is -0.372 e. The quantitative estimate of drug-likeness (QED) is 0.785. The van der Waals surface area contributed by atoms with Gasteiger partial charge in [-0.05, 0) is 49.4 Å². The van der Waals surface area contributed by atoms with E-state index in [1.165, 1.54) is 82.7 Å². The molecular weight excluding hydrogens is 294 g/mol. The van der Waals surface area contributed by atoms with E-state index in [2.05, 4.69) is 52.8 Å². The van der Waals surface area contributed by atoms with Crippen molar-refractivity contribution >= 4 is 5.69 Å². The molecule has 0 N–H and O–H groups in total. The fourth-order valence-corrected chi connectivity index (χ4v) is 4.16. The van der Waals surface area contributed by atoms with Crippen LogP contribution in [0.2, 0.25) is 0 Å². The third-order valence-corrected chi connectivity index (χ3v) is 5.90. The summed E-state index contributed by atoms with van der Waals surface area (Å²) in [7, 11) is 0. The van der Waals surface area contributed by atoms with E-state index in [-0.39, 0.29) is 0 Å². The number of piperidine rings is 1. The first-order chi connectivity index (χ1) is 11.8. The zero-order valence-electron chi connectivity index (χ0n) is 15.7. The molecule has 0 bridgehead atoms. The number of hydrogen-bond donors (Lipinski definition) is 0. The van der Waals surface area contributed by atoms with Crippen LogP contribution in [0.25, 0.3) is 0 Å². The van der Waals surface area contributed by atoms with Crippen LogP contribution in [0.4, 0.5) is 5.69 Å². The number of benzene rings is 1. The molecule has 0 spiro atoms. The Hall–Kier alpha value is -1.06. The Morgan fingerprint density at radius 3 is 2.04 bits per heavy atom. The number of rotatable bonds is 6. The average Bonchev–Trinajstić information content (AvgIpc) is 2.64. The summed E-state index contributed by atoms with van der Waals surface area (Å²) in [6.45, 7) is 14.3. The van der Waals surface area contributed by atoms with Crippen LogP contribution in [0, 0.1) is 5.92 Å². The summed E-state index contributed by atoms with van der Waals surface area (Å²) in [5.41, 5.74) is 2.88. The minimum atomic E-state index is 0.951. The molecule has 0 aliphatic carbocycles. The number of piperazine rings is 1. The van der Waals surface area contributed by atoms with Gasteiger partial charge in [0.15, 0.2) is 0 Å². The first-order valence-corrected chi connectivity index (χ1v) is 10.1. The van der Waals surface area contributed by atoms with Gasteiger partial charge in [-0.3, -0.25) is 4.90 Å². The van der Waals surface area contributed by atoms with Crippen LogP contribution < -0.4 is 4.90 Å². The van der Waals surface area contributed by atoms with Crippen molar-refractivity contribution in [2.75, 3.05) is 50.7 Å². The Morgan fingerprint density at radius 2 is 1.46 bits per heavy atom. The van der Waals surface area contributed by atoms with E-state index >= 15 is 0 Å². The molecule has 24 heavy (non-hydrogen) atoms. The van der Waals surface area contributed by atoms with Gasteiger partial charge in [0, 0.05) is 51.5 Å². The third kappa shape index (κ3) is 4.73. The van der Waals surface area contributed by atoms with Gasteiger partial charge >= 0.3 is 0 Å². The maximum absolute atomic E-state index is 2.61. The van der Waals surface area contributed by atoms with Crippen LogP contribution in [-0.2, 0) is 6.54 Å². The van der Waals surface area contributed by atoms with Crippen molar-refractivity contribution in [3.63, 3.8) is 0 Å². The average molecular weight is 330 g/mol. The zero-order valence-corrected chi connectivity index (χ0v) is 15.7. The molecule has 2 saturated heterocycles. The molecule has 134 valence electrons. The summed E-state index contributed by atoms with van der Waals surface area (Å²) >= 11 is 0. The predicted molar refractivity (Wildman–Crippen MR) is 104 cm³/mol. The smallest absolute Gasteiger partial charge is 0.0366 e. The van der Waals surface area contributed by atoms with Gasteiger partial charge in [-0.2, -0.15) is 0 Å². The van der Waals surface area contributed by atoms with Crippen molar-refractivity contribution in [3.05, 3.63) is 29.8 Å². The van der Waals surface area contributed by atoms with E-state index in [0.717, 1.165) is 12.5 Å². The normalized spacial score (nSPS) is 21.3. The molecule has 0 radical (unpaired) electrons. The van der Waals surface area contributed by atoms with Crippen molar-refractivity contribution in [1.82, 2.24) is 9.80 Å².